The molecule has 0 saturated carbocycles. The first kappa shape index (κ1) is 13.4. The van der Waals surface area contributed by atoms with E-state index in [4.69, 9.17) is 22.1 Å². The lowest BCUT2D eigenvalue weighted by Gasteiger charge is -2.19. The van der Waals surface area contributed by atoms with Crippen LogP contribution in [0.25, 0.3) is 0 Å². The minimum absolute atomic E-state index is 0.116. The van der Waals surface area contributed by atoms with Gasteiger partial charge in [-0.1, -0.05) is 41.9 Å². The molecular weight excluding hydrogens is 277 g/mol. The number of benzene rings is 2. The number of ether oxygens (including phenoxy) is 1. The predicted octanol–water partition coefficient (Wildman–Crippen LogP) is 3.53. The summed E-state index contributed by atoms with van der Waals surface area (Å²) in [5, 5.41) is 0.162. The zero-order valence-corrected chi connectivity index (χ0v) is 11.6. The van der Waals surface area contributed by atoms with Crippen LogP contribution in [0.1, 0.15) is 17.0 Å². The fraction of sp³-hybridized carbons (Fsp3) is 0.250. The Morgan fingerprint density at radius 1 is 1.25 bits per heavy atom. The van der Waals surface area contributed by atoms with Gasteiger partial charge in [0.2, 0.25) is 0 Å². The van der Waals surface area contributed by atoms with Gasteiger partial charge in [0.25, 0.3) is 0 Å². The molecule has 2 aromatic rings. The van der Waals surface area contributed by atoms with Crippen molar-refractivity contribution in [1.82, 2.24) is 0 Å². The Bertz CT molecular complexity index is 632. The van der Waals surface area contributed by atoms with Gasteiger partial charge >= 0.3 is 0 Å². The molecule has 2 unspecified atom stereocenters. The second-order valence-electron chi connectivity index (χ2n) is 5.04. The van der Waals surface area contributed by atoms with Crippen molar-refractivity contribution >= 4 is 11.6 Å². The maximum absolute atomic E-state index is 13.4. The molecule has 0 saturated heterocycles. The first-order valence-electron chi connectivity index (χ1n) is 6.57. The van der Waals surface area contributed by atoms with Crippen LogP contribution in [0.2, 0.25) is 5.02 Å². The fourth-order valence-electron chi connectivity index (χ4n) is 2.64. The first-order chi connectivity index (χ1) is 9.66. The maximum Gasteiger partial charge on any atom is 0.142 e. The lowest BCUT2D eigenvalue weighted by Crippen LogP contribution is -2.31. The molecule has 0 aliphatic carbocycles. The Balaban J connectivity index is 1.81. The Morgan fingerprint density at radius 2 is 2.05 bits per heavy atom. The average molecular weight is 292 g/mol. The van der Waals surface area contributed by atoms with E-state index in [1.54, 1.807) is 6.07 Å². The van der Waals surface area contributed by atoms with Crippen LogP contribution in [0.4, 0.5) is 4.39 Å². The van der Waals surface area contributed by atoms with E-state index in [1.165, 1.54) is 6.07 Å². The second kappa shape index (κ2) is 5.43. The highest BCUT2D eigenvalue weighted by Gasteiger charge is 2.29. The van der Waals surface area contributed by atoms with Crippen LogP contribution in [0, 0.1) is 5.82 Å². The van der Waals surface area contributed by atoms with Gasteiger partial charge in [0.05, 0.1) is 11.6 Å². The van der Waals surface area contributed by atoms with Crippen LogP contribution >= 0.6 is 11.6 Å². The zero-order chi connectivity index (χ0) is 14.1. The summed E-state index contributed by atoms with van der Waals surface area (Å²) in [6.45, 7) is 0.563. The normalized spacial score (nSPS) is 18.4. The topological polar surface area (TPSA) is 35.2 Å². The molecule has 104 valence electrons. The fourth-order valence-corrected chi connectivity index (χ4v) is 2.85. The molecule has 4 heteroatoms. The Morgan fingerprint density at radius 3 is 2.90 bits per heavy atom. The van der Waals surface area contributed by atoms with Crippen molar-refractivity contribution in [1.29, 1.82) is 0 Å². The summed E-state index contributed by atoms with van der Waals surface area (Å²) in [7, 11) is 0. The van der Waals surface area contributed by atoms with Crippen molar-refractivity contribution in [3.8, 4) is 5.75 Å². The van der Waals surface area contributed by atoms with Crippen LogP contribution in [-0.4, -0.2) is 12.6 Å². The largest absolute Gasteiger partial charge is 0.493 e. The van der Waals surface area contributed by atoms with Crippen LogP contribution in [0.5, 0.6) is 5.75 Å². The van der Waals surface area contributed by atoms with Gasteiger partial charge in [-0.25, -0.2) is 4.39 Å². The smallest absolute Gasteiger partial charge is 0.142 e. The number of halogens is 2. The number of nitrogens with two attached hydrogens (primary N) is 1. The summed E-state index contributed by atoms with van der Waals surface area (Å²) in [4.78, 5) is 0. The van der Waals surface area contributed by atoms with Crippen LogP contribution < -0.4 is 10.5 Å². The molecule has 2 N–H and O–H groups in total. The third-order valence-corrected chi connectivity index (χ3v) is 4.16. The lowest BCUT2D eigenvalue weighted by molar-refractivity contribution is 0.313. The molecule has 1 aliphatic heterocycles. The molecule has 0 radical (unpaired) electrons. The van der Waals surface area contributed by atoms with Gasteiger partial charge in [0.15, 0.2) is 0 Å². The highest BCUT2D eigenvalue weighted by Crippen LogP contribution is 2.36. The van der Waals surface area contributed by atoms with E-state index in [-0.39, 0.29) is 17.0 Å². The molecule has 20 heavy (non-hydrogen) atoms. The van der Waals surface area contributed by atoms with E-state index in [0.29, 0.717) is 13.0 Å². The molecule has 1 heterocycles. The highest BCUT2D eigenvalue weighted by molar-refractivity contribution is 6.31. The molecule has 2 nitrogen and oxygen atoms in total. The number of rotatable bonds is 3. The molecule has 0 fully saturated rings. The van der Waals surface area contributed by atoms with E-state index >= 15 is 0 Å². The lowest BCUT2D eigenvalue weighted by atomic mass is 9.90. The van der Waals surface area contributed by atoms with E-state index in [0.717, 1.165) is 16.9 Å². The first-order valence-corrected chi connectivity index (χ1v) is 6.95. The summed E-state index contributed by atoms with van der Waals surface area (Å²) < 4.78 is 19.1. The number of hydrogen-bond acceptors (Lipinski definition) is 2. The quantitative estimate of drug-likeness (QED) is 0.939. The molecule has 3 rings (SSSR count). The molecular formula is C16H15ClFNO. The van der Waals surface area contributed by atoms with Crippen molar-refractivity contribution in [3.63, 3.8) is 0 Å². The van der Waals surface area contributed by atoms with E-state index in [9.17, 15) is 4.39 Å². The monoisotopic (exact) mass is 291 g/mol. The third-order valence-electron chi connectivity index (χ3n) is 3.74. The number of fused-ring (bicyclic) bond motifs is 1. The SMILES string of the molecule is NC(Cc1cccc(F)c1Cl)C1COc2ccccc21. The van der Waals surface area contributed by atoms with Crippen molar-refractivity contribution in [2.75, 3.05) is 6.61 Å². The van der Waals surface area contributed by atoms with Gasteiger partial charge < -0.3 is 10.5 Å². The van der Waals surface area contributed by atoms with E-state index < -0.39 is 5.82 Å². The summed E-state index contributed by atoms with van der Waals surface area (Å²) in [6, 6.07) is 12.6. The molecule has 2 aromatic carbocycles. The van der Waals surface area contributed by atoms with Crippen molar-refractivity contribution < 1.29 is 9.13 Å². The standard InChI is InChI=1S/C16H15ClFNO/c17-16-10(4-3-6-13(16)18)8-14(19)12-9-20-15-7-2-1-5-11(12)15/h1-7,12,14H,8-9,19H2. The van der Waals surface area contributed by atoms with Gasteiger partial charge in [-0.05, 0) is 24.1 Å². The van der Waals surface area contributed by atoms with Crippen LogP contribution in [0.15, 0.2) is 42.5 Å². The Hall–Kier alpha value is -1.58. The zero-order valence-electron chi connectivity index (χ0n) is 10.9. The van der Waals surface area contributed by atoms with Crippen molar-refractivity contribution in [2.24, 2.45) is 5.73 Å². The second-order valence-corrected chi connectivity index (χ2v) is 5.41. The number of hydrogen-bond donors (Lipinski definition) is 1. The highest BCUT2D eigenvalue weighted by atomic mass is 35.5. The third kappa shape index (κ3) is 2.39. The van der Waals surface area contributed by atoms with Gasteiger partial charge in [-0.15, -0.1) is 0 Å². The molecule has 2 atom stereocenters. The van der Waals surface area contributed by atoms with Crippen molar-refractivity contribution in [3.05, 3.63) is 64.4 Å². The molecule has 0 aromatic heterocycles. The van der Waals surface area contributed by atoms with Gasteiger partial charge in [0, 0.05) is 17.5 Å². The van der Waals surface area contributed by atoms with Crippen LogP contribution in [-0.2, 0) is 6.42 Å². The minimum Gasteiger partial charge on any atom is -0.493 e. The predicted molar refractivity (Wildman–Crippen MR) is 77.8 cm³/mol. The number of para-hydroxylation sites is 1. The maximum atomic E-state index is 13.4. The molecule has 1 aliphatic rings. The molecule has 0 bridgehead atoms. The minimum atomic E-state index is -0.403. The summed E-state index contributed by atoms with van der Waals surface area (Å²) >= 11 is 5.98. The Kier molecular flexibility index (Phi) is 3.64. The van der Waals surface area contributed by atoms with E-state index in [1.807, 2.05) is 30.3 Å². The van der Waals surface area contributed by atoms with Crippen LogP contribution in [0.3, 0.4) is 0 Å². The molecule has 0 amide bonds. The van der Waals surface area contributed by atoms with Gasteiger partial charge in [-0.2, -0.15) is 0 Å². The van der Waals surface area contributed by atoms with Gasteiger partial charge in [0.1, 0.15) is 11.6 Å². The van der Waals surface area contributed by atoms with E-state index in [2.05, 4.69) is 0 Å². The summed E-state index contributed by atoms with van der Waals surface area (Å²) in [5.41, 5.74) is 8.14. The summed E-state index contributed by atoms with van der Waals surface area (Å²) in [6.07, 6.45) is 0.527. The Labute approximate surface area is 122 Å². The molecule has 0 spiro atoms. The summed E-state index contributed by atoms with van der Waals surface area (Å²) in [5.74, 6) is 0.600. The van der Waals surface area contributed by atoms with Crippen molar-refractivity contribution in [2.45, 2.75) is 18.4 Å². The van der Waals surface area contributed by atoms with Gasteiger partial charge in [-0.3, -0.25) is 0 Å². The average Bonchev–Trinajstić information content (AvgIpc) is 2.88.